The molecule has 0 fully saturated rings. The van der Waals surface area contributed by atoms with Crippen LogP contribution in [-0.4, -0.2) is 18.0 Å². The van der Waals surface area contributed by atoms with E-state index in [9.17, 15) is 9.59 Å². The van der Waals surface area contributed by atoms with E-state index in [1.54, 1.807) is 30.5 Å². The van der Waals surface area contributed by atoms with Crippen LogP contribution in [0.2, 0.25) is 0 Å². The van der Waals surface area contributed by atoms with Gasteiger partial charge in [0.15, 0.2) is 0 Å². The number of nitrogens with one attached hydrogen (secondary N) is 2. The van der Waals surface area contributed by atoms with E-state index < -0.39 is 6.04 Å². The van der Waals surface area contributed by atoms with Gasteiger partial charge in [-0.2, -0.15) is 5.10 Å². The summed E-state index contributed by atoms with van der Waals surface area (Å²) in [4.78, 5) is 25.5. The van der Waals surface area contributed by atoms with Crippen LogP contribution >= 0.6 is 15.9 Å². The maximum atomic E-state index is 12.8. The molecule has 5 aromatic rings. The predicted molar refractivity (Wildman–Crippen MR) is 166 cm³/mol. The van der Waals surface area contributed by atoms with E-state index in [-0.39, 0.29) is 18.2 Å². The van der Waals surface area contributed by atoms with Crippen LogP contribution in [0.5, 0.6) is 5.75 Å². The van der Waals surface area contributed by atoms with Crippen molar-refractivity contribution in [3.8, 4) is 5.75 Å². The SMILES string of the molecule is O=C(C[C@H](NC(=O)c1ccccc1)c1ccccc1)N/N=C\c1ccc(OCc2cccc3ccccc23)c(Br)c1. The van der Waals surface area contributed by atoms with Crippen molar-refractivity contribution in [3.63, 3.8) is 0 Å². The molecule has 0 bridgehead atoms. The topological polar surface area (TPSA) is 79.8 Å². The molecule has 0 aliphatic carbocycles. The molecule has 2 amide bonds. The van der Waals surface area contributed by atoms with Crippen molar-refractivity contribution in [2.75, 3.05) is 0 Å². The largest absolute Gasteiger partial charge is 0.488 e. The molecule has 6 nitrogen and oxygen atoms in total. The molecule has 0 aromatic heterocycles. The Kier molecular flexibility index (Phi) is 9.19. The Morgan fingerprint density at radius 3 is 2.32 bits per heavy atom. The molecule has 0 aliphatic rings. The summed E-state index contributed by atoms with van der Waals surface area (Å²) < 4.78 is 6.86. The second kappa shape index (κ2) is 13.5. The summed E-state index contributed by atoms with van der Waals surface area (Å²) in [6, 6.07) is 37.8. The van der Waals surface area contributed by atoms with Crippen LogP contribution in [-0.2, 0) is 11.4 Å². The number of ether oxygens (including phenoxy) is 1. The van der Waals surface area contributed by atoms with Crippen LogP contribution in [0.1, 0.15) is 39.5 Å². The third-order valence-electron chi connectivity index (χ3n) is 6.55. The van der Waals surface area contributed by atoms with E-state index >= 15 is 0 Å². The molecule has 0 aliphatic heterocycles. The van der Waals surface area contributed by atoms with Crippen LogP contribution in [0, 0.1) is 0 Å². The van der Waals surface area contributed by atoms with Gasteiger partial charge in [0.25, 0.3) is 5.91 Å². The van der Waals surface area contributed by atoms with Crippen molar-refractivity contribution < 1.29 is 14.3 Å². The van der Waals surface area contributed by atoms with Crippen LogP contribution in [0.15, 0.2) is 131 Å². The molecule has 7 heteroatoms. The number of rotatable bonds is 10. The van der Waals surface area contributed by atoms with E-state index in [1.807, 2.05) is 72.8 Å². The number of carbonyl (C=O) groups is 2. The predicted octanol–water partition coefficient (Wildman–Crippen LogP) is 7.19. The molecule has 204 valence electrons. The average Bonchev–Trinajstić information content (AvgIpc) is 3.01. The lowest BCUT2D eigenvalue weighted by Gasteiger charge is -2.18. The average molecular weight is 607 g/mol. The normalized spacial score (nSPS) is 11.7. The molecular weight excluding hydrogens is 578 g/mol. The highest BCUT2D eigenvalue weighted by Gasteiger charge is 2.19. The van der Waals surface area contributed by atoms with Crippen molar-refractivity contribution in [3.05, 3.63) is 148 Å². The van der Waals surface area contributed by atoms with Gasteiger partial charge < -0.3 is 10.1 Å². The molecule has 5 rings (SSSR count). The highest BCUT2D eigenvalue weighted by molar-refractivity contribution is 9.10. The van der Waals surface area contributed by atoms with Gasteiger partial charge >= 0.3 is 0 Å². The molecular formula is C34H28BrN3O3. The molecule has 0 heterocycles. The Labute approximate surface area is 247 Å². The Hall–Kier alpha value is -4.75. The van der Waals surface area contributed by atoms with Crippen LogP contribution in [0.3, 0.4) is 0 Å². The number of benzene rings is 5. The van der Waals surface area contributed by atoms with Gasteiger partial charge in [0.05, 0.1) is 23.1 Å². The number of hydrogen-bond donors (Lipinski definition) is 2. The molecule has 2 N–H and O–H groups in total. The third kappa shape index (κ3) is 7.47. The number of hydrazone groups is 1. The minimum absolute atomic E-state index is 0.0323. The Balaban J connectivity index is 1.18. The Morgan fingerprint density at radius 2 is 1.54 bits per heavy atom. The second-order valence-corrected chi connectivity index (χ2v) is 10.3. The van der Waals surface area contributed by atoms with E-state index in [4.69, 9.17) is 4.74 Å². The van der Waals surface area contributed by atoms with Crippen molar-refractivity contribution >= 4 is 44.7 Å². The molecule has 0 saturated heterocycles. The molecule has 0 saturated carbocycles. The first-order valence-electron chi connectivity index (χ1n) is 13.2. The van der Waals surface area contributed by atoms with Gasteiger partial charge in [0.1, 0.15) is 12.4 Å². The van der Waals surface area contributed by atoms with E-state index in [0.717, 1.165) is 21.2 Å². The van der Waals surface area contributed by atoms with E-state index in [2.05, 4.69) is 56.0 Å². The minimum Gasteiger partial charge on any atom is -0.488 e. The molecule has 5 aromatic carbocycles. The number of carbonyl (C=O) groups excluding carboxylic acids is 2. The maximum Gasteiger partial charge on any atom is 0.251 e. The first-order chi connectivity index (χ1) is 20.1. The zero-order valence-corrected chi connectivity index (χ0v) is 23.8. The highest BCUT2D eigenvalue weighted by atomic mass is 79.9. The summed E-state index contributed by atoms with van der Waals surface area (Å²) in [6.07, 6.45) is 1.60. The molecule has 0 spiro atoms. The smallest absolute Gasteiger partial charge is 0.251 e. The standard InChI is InChI=1S/C34H28BrN3O3/c35-30-20-24(18-19-32(30)41-23-28-16-9-15-25-10-7-8-17-29(25)28)22-36-38-33(39)21-31(26-11-3-1-4-12-26)37-34(40)27-13-5-2-6-14-27/h1-20,22,31H,21,23H2,(H,37,40)(H,38,39)/b36-22-/t31-/m0/s1. The molecule has 0 unspecified atom stereocenters. The fourth-order valence-corrected chi connectivity index (χ4v) is 4.98. The fourth-order valence-electron chi connectivity index (χ4n) is 4.47. The van der Waals surface area contributed by atoms with Gasteiger partial charge in [-0.1, -0.05) is 91.0 Å². The summed E-state index contributed by atoms with van der Waals surface area (Å²) in [7, 11) is 0. The van der Waals surface area contributed by atoms with Gasteiger partial charge in [-0.3, -0.25) is 9.59 Å². The zero-order chi connectivity index (χ0) is 28.4. The van der Waals surface area contributed by atoms with Gasteiger partial charge in [-0.25, -0.2) is 5.43 Å². The zero-order valence-electron chi connectivity index (χ0n) is 22.2. The Morgan fingerprint density at radius 1 is 0.829 bits per heavy atom. The number of halogens is 1. The van der Waals surface area contributed by atoms with Crippen molar-refractivity contribution in [2.24, 2.45) is 5.10 Å². The third-order valence-corrected chi connectivity index (χ3v) is 7.17. The molecule has 0 radical (unpaired) electrons. The van der Waals surface area contributed by atoms with E-state index in [0.29, 0.717) is 17.9 Å². The first-order valence-corrected chi connectivity index (χ1v) is 14.0. The van der Waals surface area contributed by atoms with Crippen LogP contribution in [0.25, 0.3) is 10.8 Å². The van der Waals surface area contributed by atoms with Crippen molar-refractivity contribution in [2.45, 2.75) is 19.1 Å². The number of nitrogens with zero attached hydrogens (tertiary/aromatic N) is 1. The molecule has 1 atom stereocenters. The van der Waals surface area contributed by atoms with Crippen LogP contribution < -0.4 is 15.5 Å². The minimum atomic E-state index is -0.508. The monoisotopic (exact) mass is 605 g/mol. The quantitative estimate of drug-likeness (QED) is 0.130. The summed E-state index contributed by atoms with van der Waals surface area (Å²) in [5.74, 6) is 0.139. The maximum absolute atomic E-state index is 12.8. The fraction of sp³-hybridized carbons (Fsp3) is 0.0882. The van der Waals surface area contributed by atoms with Gasteiger partial charge in [-0.15, -0.1) is 0 Å². The second-order valence-electron chi connectivity index (χ2n) is 9.42. The molecule has 41 heavy (non-hydrogen) atoms. The van der Waals surface area contributed by atoms with Gasteiger partial charge in [0, 0.05) is 5.56 Å². The van der Waals surface area contributed by atoms with Gasteiger partial charge in [0.2, 0.25) is 5.91 Å². The summed E-state index contributed by atoms with van der Waals surface area (Å²) >= 11 is 3.58. The van der Waals surface area contributed by atoms with Crippen molar-refractivity contribution in [1.82, 2.24) is 10.7 Å². The van der Waals surface area contributed by atoms with Crippen molar-refractivity contribution in [1.29, 1.82) is 0 Å². The lowest BCUT2D eigenvalue weighted by Crippen LogP contribution is -2.32. The number of hydrogen-bond acceptors (Lipinski definition) is 4. The van der Waals surface area contributed by atoms with Crippen LogP contribution in [0.4, 0.5) is 0 Å². The first kappa shape index (κ1) is 27.8. The number of fused-ring (bicyclic) bond motifs is 1. The lowest BCUT2D eigenvalue weighted by molar-refractivity contribution is -0.121. The lowest BCUT2D eigenvalue weighted by atomic mass is 10.0. The summed E-state index contributed by atoms with van der Waals surface area (Å²) in [5.41, 5.74) is 5.83. The number of amides is 2. The van der Waals surface area contributed by atoms with E-state index in [1.165, 1.54) is 10.8 Å². The van der Waals surface area contributed by atoms with Gasteiger partial charge in [-0.05, 0) is 73.7 Å². The summed E-state index contributed by atoms with van der Waals surface area (Å²) in [6.45, 7) is 0.437. The highest BCUT2D eigenvalue weighted by Crippen LogP contribution is 2.28. The Bertz CT molecular complexity index is 1670. The summed E-state index contributed by atoms with van der Waals surface area (Å²) in [5, 5.41) is 9.43.